The zero-order valence-electron chi connectivity index (χ0n) is 26.5. The van der Waals surface area contributed by atoms with Crippen LogP contribution >= 0.6 is 22.9 Å². The van der Waals surface area contributed by atoms with E-state index in [4.69, 9.17) is 21.1 Å². The molecule has 2 atom stereocenters. The summed E-state index contributed by atoms with van der Waals surface area (Å²) in [5, 5.41) is 14.8. The Morgan fingerprint density at radius 2 is 1.87 bits per heavy atom. The Kier molecular flexibility index (Phi) is 10.8. The first kappa shape index (κ1) is 33.8. The third kappa shape index (κ3) is 7.81. The first-order valence-electron chi connectivity index (χ1n) is 16.3. The second kappa shape index (κ2) is 15.0. The molecule has 1 unspecified atom stereocenters. The molecule has 3 fully saturated rings. The molecule has 1 aromatic heterocycles. The van der Waals surface area contributed by atoms with Crippen molar-refractivity contribution in [1.29, 1.82) is 0 Å². The predicted octanol–water partition coefficient (Wildman–Crippen LogP) is 6.09. The lowest BCUT2D eigenvalue weighted by Gasteiger charge is -2.43. The molecular formula is C35H41ClFN3O6S. The summed E-state index contributed by atoms with van der Waals surface area (Å²) in [6.07, 6.45) is 4.12. The number of amides is 2. The fraction of sp³-hybridized carbons (Fsp3) is 0.514. The van der Waals surface area contributed by atoms with Gasteiger partial charge < -0.3 is 24.8 Å². The predicted molar refractivity (Wildman–Crippen MR) is 180 cm³/mol. The first-order valence-corrected chi connectivity index (χ1v) is 17.6. The molecule has 12 heteroatoms. The molecule has 2 amide bonds. The highest BCUT2D eigenvalue weighted by Crippen LogP contribution is 2.33. The highest BCUT2D eigenvalue weighted by atomic mass is 35.5. The van der Waals surface area contributed by atoms with Gasteiger partial charge in [-0.3, -0.25) is 19.3 Å². The van der Waals surface area contributed by atoms with E-state index in [1.54, 1.807) is 12.5 Å². The third-order valence-corrected chi connectivity index (χ3v) is 11.2. The van der Waals surface area contributed by atoms with E-state index >= 15 is 4.39 Å². The number of carboxylic acid groups (broad SMARTS) is 1. The van der Waals surface area contributed by atoms with Crippen LogP contribution in [0.5, 0.6) is 0 Å². The van der Waals surface area contributed by atoms with Gasteiger partial charge in [0, 0.05) is 54.9 Å². The number of carbonyl (C=O) groups excluding carboxylic acids is 2. The van der Waals surface area contributed by atoms with Crippen molar-refractivity contribution in [3.8, 4) is 0 Å². The molecule has 1 saturated carbocycles. The van der Waals surface area contributed by atoms with Crippen molar-refractivity contribution in [3.05, 3.63) is 63.7 Å². The number of rotatable bonds is 12. The van der Waals surface area contributed by atoms with Gasteiger partial charge in [-0.2, -0.15) is 0 Å². The van der Waals surface area contributed by atoms with Crippen LogP contribution in [0.25, 0.3) is 10.1 Å². The molecule has 252 valence electrons. The van der Waals surface area contributed by atoms with Gasteiger partial charge in [0.25, 0.3) is 5.91 Å². The first-order chi connectivity index (χ1) is 22.7. The molecule has 3 aromatic rings. The second-order valence-corrected chi connectivity index (χ2v) is 14.4. The van der Waals surface area contributed by atoms with Crippen LogP contribution in [-0.4, -0.2) is 90.8 Å². The number of likely N-dealkylation sites (tertiary alicyclic amines) is 2. The molecule has 2 saturated heterocycles. The van der Waals surface area contributed by atoms with E-state index in [1.807, 2.05) is 29.2 Å². The standard InChI is InChI=1S/C35H41ClFN3O6S/c1-45-11-10-21-16-39(17-21)24-14-25(19-46-26-8-6-22(7-9-26)35(43)44)40(18-24)33(41)13-23-12-29(36)31(15-30(23)37)38-34(42)28-20-47-32-5-3-2-4-27(28)32/h2-5,12,15,20-22,24-26H,6-11,13-14,16-19H2,1H3,(H,38,42)(H,43,44)/t22-,24-,25?,26-/m0/s1. The maximum atomic E-state index is 15.4. The van der Waals surface area contributed by atoms with Crippen LogP contribution in [0.1, 0.15) is 54.4 Å². The van der Waals surface area contributed by atoms with Crippen LogP contribution in [0.2, 0.25) is 5.02 Å². The molecule has 0 bridgehead atoms. The van der Waals surface area contributed by atoms with Gasteiger partial charge >= 0.3 is 5.97 Å². The molecule has 2 aromatic carbocycles. The second-order valence-electron chi connectivity index (χ2n) is 13.0. The summed E-state index contributed by atoms with van der Waals surface area (Å²) >= 11 is 7.98. The van der Waals surface area contributed by atoms with Gasteiger partial charge in [-0.1, -0.05) is 29.8 Å². The number of benzene rings is 2. The summed E-state index contributed by atoms with van der Waals surface area (Å²) in [6.45, 7) is 3.55. The zero-order chi connectivity index (χ0) is 33.1. The van der Waals surface area contributed by atoms with Crippen molar-refractivity contribution in [2.45, 2.75) is 63.1 Å². The summed E-state index contributed by atoms with van der Waals surface area (Å²) < 4.78 is 27.9. The average molecular weight is 686 g/mol. The van der Waals surface area contributed by atoms with E-state index in [1.165, 1.54) is 23.5 Å². The maximum Gasteiger partial charge on any atom is 0.306 e. The van der Waals surface area contributed by atoms with Crippen LogP contribution in [0.4, 0.5) is 10.1 Å². The van der Waals surface area contributed by atoms with Crippen LogP contribution < -0.4 is 5.32 Å². The Morgan fingerprint density at radius 1 is 1.11 bits per heavy atom. The fourth-order valence-corrected chi connectivity index (χ4v) is 8.32. The molecule has 2 N–H and O–H groups in total. The maximum absolute atomic E-state index is 15.4. The van der Waals surface area contributed by atoms with Gasteiger partial charge in [-0.15, -0.1) is 11.3 Å². The van der Waals surface area contributed by atoms with Crippen molar-refractivity contribution in [3.63, 3.8) is 0 Å². The number of nitrogens with one attached hydrogen (secondary N) is 1. The molecule has 6 rings (SSSR count). The smallest absolute Gasteiger partial charge is 0.306 e. The van der Waals surface area contributed by atoms with Gasteiger partial charge in [0.15, 0.2) is 0 Å². The highest BCUT2D eigenvalue weighted by molar-refractivity contribution is 7.17. The van der Waals surface area contributed by atoms with Gasteiger partial charge in [-0.25, -0.2) is 4.39 Å². The number of ether oxygens (including phenoxy) is 2. The van der Waals surface area contributed by atoms with Crippen LogP contribution in [0, 0.1) is 17.7 Å². The number of nitrogens with zero attached hydrogens (tertiary/aromatic N) is 2. The van der Waals surface area contributed by atoms with Crippen molar-refractivity contribution in [1.82, 2.24) is 9.80 Å². The Morgan fingerprint density at radius 3 is 2.62 bits per heavy atom. The van der Waals surface area contributed by atoms with Crippen molar-refractivity contribution in [2.24, 2.45) is 11.8 Å². The van der Waals surface area contributed by atoms with Crippen LogP contribution in [0.3, 0.4) is 0 Å². The number of methoxy groups -OCH3 is 1. The summed E-state index contributed by atoms with van der Waals surface area (Å²) in [5.74, 6) is -1.70. The van der Waals surface area contributed by atoms with Crippen LogP contribution in [-0.2, 0) is 25.5 Å². The Labute approximate surface area is 283 Å². The van der Waals surface area contributed by atoms with Gasteiger partial charge in [0.2, 0.25) is 5.91 Å². The number of halogens is 2. The molecule has 9 nitrogen and oxygen atoms in total. The van der Waals surface area contributed by atoms with E-state index in [0.29, 0.717) is 50.3 Å². The lowest BCUT2D eigenvalue weighted by Crippen LogP contribution is -2.53. The largest absolute Gasteiger partial charge is 0.481 e. The van der Waals surface area contributed by atoms with E-state index in [-0.39, 0.29) is 58.6 Å². The number of thiophene rings is 1. The van der Waals surface area contributed by atoms with Crippen molar-refractivity contribution >= 4 is 56.5 Å². The van der Waals surface area contributed by atoms with Crippen molar-refractivity contribution < 1.29 is 33.4 Å². The van der Waals surface area contributed by atoms with Crippen molar-refractivity contribution in [2.75, 3.05) is 45.3 Å². The summed E-state index contributed by atoms with van der Waals surface area (Å²) in [7, 11) is 1.71. The minimum absolute atomic E-state index is 0.0323. The number of fused-ring (bicyclic) bond motifs is 1. The summed E-state index contributed by atoms with van der Waals surface area (Å²) in [6, 6.07) is 10.2. The molecule has 3 aliphatic rings. The SMILES string of the molecule is COCCC1CN([C@H]2CC(CO[C@H]3CC[C@H](C(=O)O)CC3)N(C(=O)Cc3cc(Cl)c(NC(=O)c4csc5ccccc45)cc3F)C2)C1. The normalized spacial score (nSPS) is 23.6. The zero-order valence-corrected chi connectivity index (χ0v) is 28.0. The lowest BCUT2D eigenvalue weighted by molar-refractivity contribution is -0.144. The summed E-state index contributed by atoms with van der Waals surface area (Å²) in [5.41, 5.74) is 0.796. The molecule has 3 heterocycles. The van der Waals surface area contributed by atoms with Gasteiger partial charge in [0.05, 0.1) is 47.4 Å². The van der Waals surface area contributed by atoms with E-state index in [2.05, 4.69) is 10.2 Å². The molecular weight excluding hydrogens is 645 g/mol. The van der Waals surface area contributed by atoms with E-state index in [0.717, 1.165) is 42.6 Å². The third-order valence-electron chi connectivity index (χ3n) is 9.94. The number of anilines is 1. The highest BCUT2D eigenvalue weighted by Gasteiger charge is 2.42. The minimum atomic E-state index is -0.754. The monoisotopic (exact) mass is 685 g/mol. The molecule has 2 aliphatic heterocycles. The van der Waals surface area contributed by atoms with E-state index < -0.39 is 11.8 Å². The number of carbonyl (C=O) groups is 3. The molecule has 1 aliphatic carbocycles. The number of carboxylic acids is 1. The van der Waals surface area contributed by atoms with Crippen LogP contribution in [0.15, 0.2) is 41.8 Å². The topological polar surface area (TPSA) is 108 Å². The van der Waals surface area contributed by atoms with Gasteiger partial charge in [-0.05, 0) is 68.2 Å². The molecule has 47 heavy (non-hydrogen) atoms. The number of hydrogen-bond acceptors (Lipinski definition) is 7. The fourth-order valence-electron chi connectivity index (χ4n) is 7.15. The molecule has 0 radical (unpaired) electrons. The number of aliphatic carboxylic acids is 1. The Balaban J connectivity index is 1.11. The lowest BCUT2D eigenvalue weighted by atomic mass is 9.87. The quantitative estimate of drug-likeness (QED) is 0.238. The molecule has 0 spiro atoms. The Bertz CT molecular complexity index is 1610. The van der Waals surface area contributed by atoms with E-state index in [9.17, 15) is 19.5 Å². The Hall–Kier alpha value is -3.09. The van der Waals surface area contributed by atoms with Gasteiger partial charge in [0.1, 0.15) is 5.82 Å². The number of hydrogen-bond donors (Lipinski definition) is 2. The minimum Gasteiger partial charge on any atom is -0.481 e. The summed E-state index contributed by atoms with van der Waals surface area (Å²) in [4.78, 5) is 42.4. The average Bonchev–Trinajstić information content (AvgIpc) is 3.67.